The molecule has 1 aliphatic carbocycles. The fourth-order valence-electron chi connectivity index (χ4n) is 1.29. The standard InChI is InChI=1S/C8H9N3OS/c12-8(6-3-1-2-4-6)10-7-5-9-11-13-7/h3,5H,1-2,4H2,(H,10,12). The highest BCUT2D eigenvalue weighted by Gasteiger charge is 2.13. The maximum Gasteiger partial charge on any atom is 0.251 e. The number of nitrogens with zero attached hydrogens (tertiary/aromatic N) is 2. The molecule has 0 aromatic carbocycles. The number of hydrogen-bond acceptors (Lipinski definition) is 4. The molecule has 0 radical (unpaired) electrons. The number of allylic oxidation sites excluding steroid dienone is 1. The van der Waals surface area contributed by atoms with E-state index in [1.165, 1.54) is 11.5 Å². The van der Waals surface area contributed by atoms with Gasteiger partial charge in [-0.25, -0.2) is 0 Å². The van der Waals surface area contributed by atoms with Crippen LogP contribution in [-0.4, -0.2) is 15.5 Å². The Morgan fingerprint density at radius 1 is 1.62 bits per heavy atom. The minimum Gasteiger partial charge on any atom is -0.311 e. The highest BCUT2D eigenvalue weighted by molar-refractivity contribution is 7.10. The van der Waals surface area contributed by atoms with Crippen LogP contribution in [0.5, 0.6) is 0 Å². The lowest BCUT2D eigenvalue weighted by Crippen LogP contribution is -2.12. The van der Waals surface area contributed by atoms with Crippen LogP contribution < -0.4 is 5.32 Å². The Hall–Kier alpha value is -1.23. The fraction of sp³-hybridized carbons (Fsp3) is 0.375. The molecule has 0 saturated heterocycles. The first kappa shape index (κ1) is 8.37. The first-order valence-corrected chi connectivity index (χ1v) is 4.91. The van der Waals surface area contributed by atoms with Gasteiger partial charge in [-0.2, -0.15) is 0 Å². The molecule has 1 aromatic rings. The number of carbonyl (C=O) groups is 1. The van der Waals surface area contributed by atoms with Gasteiger partial charge in [-0.15, -0.1) is 5.10 Å². The van der Waals surface area contributed by atoms with Crippen molar-refractivity contribution in [2.45, 2.75) is 19.3 Å². The van der Waals surface area contributed by atoms with Crippen molar-refractivity contribution in [2.75, 3.05) is 5.32 Å². The molecule has 1 aromatic heterocycles. The molecule has 0 bridgehead atoms. The van der Waals surface area contributed by atoms with Crippen molar-refractivity contribution in [1.82, 2.24) is 9.59 Å². The van der Waals surface area contributed by atoms with E-state index in [9.17, 15) is 4.79 Å². The molecular weight excluding hydrogens is 186 g/mol. The SMILES string of the molecule is O=C(Nc1cnns1)C1=CCCC1. The molecule has 1 heterocycles. The second-order valence-electron chi connectivity index (χ2n) is 2.86. The predicted octanol–water partition coefficient (Wildman–Crippen LogP) is 1.59. The maximum atomic E-state index is 11.5. The Morgan fingerprint density at radius 2 is 2.54 bits per heavy atom. The average molecular weight is 195 g/mol. The normalized spacial score (nSPS) is 15.5. The molecule has 2 rings (SSSR count). The monoisotopic (exact) mass is 195 g/mol. The van der Waals surface area contributed by atoms with Crippen LogP contribution in [0.1, 0.15) is 19.3 Å². The molecule has 0 spiro atoms. The molecule has 1 aliphatic rings. The van der Waals surface area contributed by atoms with Crippen molar-refractivity contribution in [3.63, 3.8) is 0 Å². The average Bonchev–Trinajstić information content (AvgIpc) is 2.74. The summed E-state index contributed by atoms with van der Waals surface area (Å²) in [6.45, 7) is 0. The van der Waals surface area contributed by atoms with Gasteiger partial charge in [-0.3, -0.25) is 4.79 Å². The molecular formula is C8H9N3OS. The molecule has 0 unspecified atom stereocenters. The number of aromatic nitrogens is 2. The summed E-state index contributed by atoms with van der Waals surface area (Å²) in [7, 11) is 0. The minimum atomic E-state index is -0.0106. The Morgan fingerprint density at radius 3 is 3.15 bits per heavy atom. The Bertz CT molecular complexity index is 331. The van der Waals surface area contributed by atoms with Gasteiger partial charge in [0.05, 0.1) is 6.20 Å². The van der Waals surface area contributed by atoms with Crippen LogP contribution in [0.25, 0.3) is 0 Å². The van der Waals surface area contributed by atoms with E-state index in [1.54, 1.807) is 6.20 Å². The first-order valence-electron chi connectivity index (χ1n) is 4.14. The molecule has 0 atom stereocenters. The molecule has 0 aliphatic heterocycles. The van der Waals surface area contributed by atoms with Crippen LogP contribution in [0.15, 0.2) is 17.8 Å². The van der Waals surface area contributed by atoms with E-state index in [-0.39, 0.29) is 5.91 Å². The first-order chi connectivity index (χ1) is 6.36. The molecule has 68 valence electrons. The van der Waals surface area contributed by atoms with Crippen LogP contribution in [-0.2, 0) is 4.79 Å². The minimum absolute atomic E-state index is 0.0106. The zero-order valence-electron chi connectivity index (χ0n) is 6.99. The van der Waals surface area contributed by atoms with Gasteiger partial charge < -0.3 is 5.32 Å². The summed E-state index contributed by atoms with van der Waals surface area (Å²) < 4.78 is 3.66. The van der Waals surface area contributed by atoms with Gasteiger partial charge in [-0.05, 0) is 19.3 Å². The van der Waals surface area contributed by atoms with Gasteiger partial charge in [0.2, 0.25) is 0 Å². The third-order valence-corrected chi connectivity index (χ3v) is 2.51. The molecule has 1 N–H and O–H groups in total. The molecule has 0 fully saturated rings. The highest BCUT2D eigenvalue weighted by atomic mass is 32.1. The van der Waals surface area contributed by atoms with Crippen molar-refractivity contribution in [2.24, 2.45) is 0 Å². The van der Waals surface area contributed by atoms with Gasteiger partial charge in [-0.1, -0.05) is 10.6 Å². The number of amides is 1. The summed E-state index contributed by atoms with van der Waals surface area (Å²) in [4.78, 5) is 11.5. The van der Waals surface area contributed by atoms with Gasteiger partial charge in [0, 0.05) is 17.1 Å². The van der Waals surface area contributed by atoms with Gasteiger partial charge in [0.1, 0.15) is 5.00 Å². The van der Waals surface area contributed by atoms with Gasteiger partial charge in [0.15, 0.2) is 0 Å². The van der Waals surface area contributed by atoms with Crippen LogP contribution in [0.4, 0.5) is 5.00 Å². The maximum absolute atomic E-state index is 11.5. The zero-order valence-corrected chi connectivity index (χ0v) is 7.80. The zero-order chi connectivity index (χ0) is 9.10. The summed E-state index contributed by atoms with van der Waals surface area (Å²) in [5, 5.41) is 7.09. The van der Waals surface area contributed by atoms with E-state index >= 15 is 0 Å². The summed E-state index contributed by atoms with van der Waals surface area (Å²) in [6.07, 6.45) is 6.54. The number of nitrogens with one attached hydrogen (secondary N) is 1. The van der Waals surface area contributed by atoms with Crippen LogP contribution in [0.3, 0.4) is 0 Å². The third-order valence-electron chi connectivity index (χ3n) is 1.93. The summed E-state index contributed by atoms with van der Waals surface area (Å²) in [5.74, 6) is -0.0106. The van der Waals surface area contributed by atoms with E-state index in [0.29, 0.717) is 5.00 Å². The lowest BCUT2D eigenvalue weighted by molar-refractivity contribution is -0.112. The second kappa shape index (κ2) is 3.66. The van der Waals surface area contributed by atoms with E-state index in [4.69, 9.17) is 0 Å². The van der Waals surface area contributed by atoms with Crippen molar-refractivity contribution >= 4 is 22.4 Å². The van der Waals surface area contributed by atoms with Crippen molar-refractivity contribution in [3.8, 4) is 0 Å². The van der Waals surface area contributed by atoms with E-state index in [2.05, 4.69) is 14.9 Å². The third kappa shape index (κ3) is 1.92. The van der Waals surface area contributed by atoms with E-state index in [0.717, 1.165) is 24.8 Å². The topological polar surface area (TPSA) is 54.9 Å². The quantitative estimate of drug-likeness (QED) is 0.779. The van der Waals surface area contributed by atoms with Crippen molar-refractivity contribution in [1.29, 1.82) is 0 Å². The number of hydrogen-bond donors (Lipinski definition) is 1. The lowest BCUT2D eigenvalue weighted by atomic mass is 10.2. The lowest BCUT2D eigenvalue weighted by Gasteiger charge is -2.00. The van der Waals surface area contributed by atoms with Crippen LogP contribution in [0, 0.1) is 0 Å². The van der Waals surface area contributed by atoms with Crippen molar-refractivity contribution < 1.29 is 4.79 Å². The fourth-order valence-corrected chi connectivity index (χ4v) is 1.71. The number of carbonyl (C=O) groups excluding carboxylic acids is 1. The second-order valence-corrected chi connectivity index (χ2v) is 3.64. The molecule has 4 nitrogen and oxygen atoms in total. The Labute approximate surface area is 79.8 Å². The number of rotatable bonds is 2. The largest absolute Gasteiger partial charge is 0.311 e. The van der Waals surface area contributed by atoms with Crippen molar-refractivity contribution in [3.05, 3.63) is 17.8 Å². The van der Waals surface area contributed by atoms with Crippen LogP contribution >= 0.6 is 11.5 Å². The molecule has 13 heavy (non-hydrogen) atoms. The Balaban J connectivity index is 1.99. The van der Waals surface area contributed by atoms with Crippen LogP contribution in [0.2, 0.25) is 0 Å². The van der Waals surface area contributed by atoms with E-state index in [1.807, 2.05) is 6.08 Å². The smallest absolute Gasteiger partial charge is 0.251 e. The van der Waals surface area contributed by atoms with E-state index < -0.39 is 0 Å². The molecule has 0 saturated carbocycles. The number of anilines is 1. The molecule has 5 heteroatoms. The molecule has 1 amide bonds. The van der Waals surface area contributed by atoms with Gasteiger partial charge in [0.25, 0.3) is 5.91 Å². The summed E-state index contributed by atoms with van der Waals surface area (Å²) in [6, 6.07) is 0. The summed E-state index contributed by atoms with van der Waals surface area (Å²) >= 11 is 1.19. The predicted molar refractivity (Wildman–Crippen MR) is 50.5 cm³/mol. The van der Waals surface area contributed by atoms with Gasteiger partial charge >= 0.3 is 0 Å². The Kier molecular flexibility index (Phi) is 2.35. The summed E-state index contributed by atoms with van der Waals surface area (Å²) in [5.41, 5.74) is 0.883. The highest BCUT2D eigenvalue weighted by Crippen LogP contribution is 2.19.